The first-order chi connectivity index (χ1) is 9.91. The van der Waals surface area contributed by atoms with Crippen molar-refractivity contribution in [2.75, 3.05) is 6.54 Å². The van der Waals surface area contributed by atoms with Crippen LogP contribution in [0.1, 0.15) is 18.1 Å². The molecule has 0 radical (unpaired) electrons. The van der Waals surface area contributed by atoms with E-state index >= 15 is 0 Å². The Morgan fingerprint density at radius 1 is 1.05 bits per heavy atom. The highest BCUT2D eigenvalue weighted by molar-refractivity contribution is 5.65. The molecular formula is C16H15F4N. The second-order valence-corrected chi connectivity index (χ2v) is 4.67. The summed E-state index contributed by atoms with van der Waals surface area (Å²) in [6.07, 6.45) is -4.43. The van der Waals surface area contributed by atoms with Gasteiger partial charge in [0.15, 0.2) is 0 Å². The average molecular weight is 297 g/mol. The third kappa shape index (κ3) is 3.82. The number of alkyl halides is 3. The molecule has 0 heterocycles. The molecule has 2 rings (SSSR count). The zero-order valence-corrected chi connectivity index (χ0v) is 11.5. The van der Waals surface area contributed by atoms with Gasteiger partial charge in [0, 0.05) is 12.1 Å². The molecule has 0 aromatic heterocycles. The maximum Gasteiger partial charge on any atom is 0.416 e. The third-order valence-corrected chi connectivity index (χ3v) is 3.11. The first-order valence-electron chi connectivity index (χ1n) is 6.58. The average Bonchev–Trinajstić information content (AvgIpc) is 2.44. The molecule has 0 spiro atoms. The third-order valence-electron chi connectivity index (χ3n) is 3.11. The molecule has 0 saturated carbocycles. The van der Waals surface area contributed by atoms with Crippen LogP contribution in [0.2, 0.25) is 0 Å². The maximum absolute atomic E-state index is 14.1. The first-order valence-corrected chi connectivity index (χ1v) is 6.58. The summed E-state index contributed by atoms with van der Waals surface area (Å²) in [5, 5.41) is 3.06. The zero-order valence-electron chi connectivity index (χ0n) is 11.5. The molecule has 0 amide bonds. The van der Waals surface area contributed by atoms with Crippen molar-refractivity contribution >= 4 is 0 Å². The van der Waals surface area contributed by atoms with Crippen LogP contribution in [-0.2, 0) is 12.7 Å². The SMILES string of the molecule is CCNCc1ccc(-c2cccc(C(F)(F)F)c2)c(F)c1. The van der Waals surface area contributed by atoms with Gasteiger partial charge in [0.25, 0.3) is 0 Å². The van der Waals surface area contributed by atoms with E-state index in [2.05, 4.69) is 5.32 Å². The molecule has 112 valence electrons. The highest BCUT2D eigenvalue weighted by Gasteiger charge is 2.30. The van der Waals surface area contributed by atoms with Crippen LogP contribution in [0.3, 0.4) is 0 Å². The van der Waals surface area contributed by atoms with Gasteiger partial charge in [-0.05, 0) is 35.9 Å². The quantitative estimate of drug-likeness (QED) is 0.812. The van der Waals surface area contributed by atoms with Gasteiger partial charge in [0.2, 0.25) is 0 Å². The summed E-state index contributed by atoms with van der Waals surface area (Å²) >= 11 is 0. The minimum atomic E-state index is -4.43. The van der Waals surface area contributed by atoms with Crippen molar-refractivity contribution in [1.29, 1.82) is 0 Å². The topological polar surface area (TPSA) is 12.0 Å². The molecule has 0 bridgehead atoms. The monoisotopic (exact) mass is 297 g/mol. The van der Waals surface area contributed by atoms with Crippen molar-refractivity contribution in [3.05, 3.63) is 59.4 Å². The molecule has 5 heteroatoms. The molecule has 0 aliphatic carbocycles. The molecule has 2 aromatic carbocycles. The van der Waals surface area contributed by atoms with Crippen LogP contribution in [-0.4, -0.2) is 6.54 Å². The van der Waals surface area contributed by atoms with Crippen molar-refractivity contribution in [1.82, 2.24) is 5.32 Å². The lowest BCUT2D eigenvalue weighted by Crippen LogP contribution is -2.11. The zero-order chi connectivity index (χ0) is 15.5. The summed E-state index contributed by atoms with van der Waals surface area (Å²) in [4.78, 5) is 0. The lowest BCUT2D eigenvalue weighted by Gasteiger charge is -2.10. The number of hydrogen-bond acceptors (Lipinski definition) is 1. The molecule has 2 aromatic rings. The van der Waals surface area contributed by atoms with Gasteiger partial charge in [-0.3, -0.25) is 0 Å². The van der Waals surface area contributed by atoms with Gasteiger partial charge in [-0.25, -0.2) is 4.39 Å². The second kappa shape index (κ2) is 6.26. The largest absolute Gasteiger partial charge is 0.416 e. The fraction of sp³-hybridized carbons (Fsp3) is 0.250. The van der Waals surface area contributed by atoms with E-state index in [1.807, 2.05) is 6.92 Å². The van der Waals surface area contributed by atoms with Crippen LogP contribution in [0.4, 0.5) is 17.6 Å². The lowest BCUT2D eigenvalue weighted by atomic mass is 10.0. The fourth-order valence-corrected chi connectivity index (χ4v) is 2.04. The lowest BCUT2D eigenvalue weighted by molar-refractivity contribution is -0.137. The molecule has 0 unspecified atom stereocenters. The Morgan fingerprint density at radius 3 is 2.43 bits per heavy atom. The maximum atomic E-state index is 14.1. The highest BCUT2D eigenvalue weighted by Crippen LogP contribution is 2.33. The molecule has 1 nitrogen and oxygen atoms in total. The van der Waals surface area contributed by atoms with Crippen LogP contribution in [0, 0.1) is 5.82 Å². The van der Waals surface area contributed by atoms with Gasteiger partial charge < -0.3 is 5.32 Å². The minimum Gasteiger partial charge on any atom is -0.313 e. The van der Waals surface area contributed by atoms with Crippen LogP contribution >= 0.6 is 0 Å². The Morgan fingerprint density at radius 2 is 1.81 bits per heavy atom. The van der Waals surface area contributed by atoms with Gasteiger partial charge in [-0.15, -0.1) is 0 Å². The fourth-order valence-electron chi connectivity index (χ4n) is 2.04. The van der Waals surface area contributed by atoms with Gasteiger partial charge >= 0.3 is 6.18 Å². The summed E-state index contributed by atoms with van der Waals surface area (Å²) < 4.78 is 52.1. The number of benzene rings is 2. The van der Waals surface area contributed by atoms with Crippen LogP contribution in [0.5, 0.6) is 0 Å². The Labute approximate surface area is 120 Å². The molecule has 21 heavy (non-hydrogen) atoms. The molecule has 0 atom stereocenters. The number of hydrogen-bond donors (Lipinski definition) is 1. The van der Waals surface area contributed by atoms with Crippen molar-refractivity contribution in [2.45, 2.75) is 19.6 Å². The van der Waals surface area contributed by atoms with E-state index in [9.17, 15) is 17.6 Å². The van der Waals surface area contributed by atoms with Crippen LogP contribution in [0.25, 0.3) is 11.1 Å². The second-order valence-electron chi connectivity index (χ2n) is 4.67. The van der Waals surface area contributed by atoms with Crippen molar-refractivity contribution in [3.63, 3.8) is 0 Å². The van der Waals surface area contributed by atoms with Crippen molar-refractivity contribution in [2.24, 2.45) is 0 Å². The molecule has 1 N–H and O–H groups in total. The summed E-state index contributed by atoms with van der Waals surface area (Å²) in [5.41, 5.74) is 0.361. The Kier molecular flexibility index (Phi) is 4.63. The normalized spacial score (nSPS) is 11.7. The summed E-state index contributed by atoms with van der Waals surface area (Å²) in [6.45, 7) is 3.22. The smallest absolute Gasteiger partial charge is 0.313 e. The van der Waals surface area contributed by atoms with Gasteiger partial charge in [0.1, 0.15) is 5.82 Å². The van der Waals surface area contributed by atoms with Gasteiger partial charge in [-0.2, -0.15) is 13.2 Å². The van der Waals surface area contributed by atoms with E-state index in [0.29, 0.717) is 6.54 Å². The van der Waals surface area contributed by atoms with E-state index in [-0.39, 0.29) is 11.1 Å². The van der Waals surface area contributed by atoms with E-state index in [1.54, 1.807) is 6.07 Å². The summed E-state index contributed by atoms with van der Waals surface area (Å²) in [5.74, 6) is -0.523. The number of rotatable bonds is 4. The Balaban J connectivity index is 2.34. The van der Waals surface area contributed by atoms with E-state index in [0.717, 1.165) is 24.2 Å². The van der Waals surface area contributed by atoms with Gasteiger partial charge in [0.05, 0.1) is 5.56 Å². The predicted molar refractivity (Wildman–Crippen MR) is 74.2 cm³/mol. The number of halogens is 4. The van der Waals surface area contributed by atoms with Crippen molar-refractivity contribution in [3.8, 4) is 11.1 Å². The predicted octanol–water partition coefficient (Wildman–Crippen LogP) is 4.62. The van der Waals surface area contributed by atoms with Crippen LogP contribution < -0.4 is 5.32 Å². The molecular weight excluding hydrogens is 282 g/mol. The molecule has 0 fully saturated rings. The van der Waals surface area contributed by atoms with E-state index in [4.69, 9.17) is 0 Å². The standard InChI is InChI=1S/C16H15F4N/c1-2-21-10-11-6-7-14(15(17)8-11)12-4-3-5-13(9-12)16(18,19)20/h3-9,21H,2,10H2,1H3. The molecule has 0 saturated heterocycles. The summed E-state index contributed by atoms with van der Waals surface area (Å²) in [6, 6.07) is 9.25. The Bertz CT molecular complexity index is 620. The van der Waals surface area contributed by atoms with Gasteiger partial charge in [-0.1, -0.05) is 31.2 Å². The minimum absolute atomic E-state index is 0.168. The summed E-state index contributed by atoms with van der Waals surface area (Å²) in [7, 11) is 0. The Hall–Kier alpha value is -1.88. The van der Waals surface area contributed by atoms with Crippen molar-refractivity contribution < 1.29 is 17.6 Å². The molecule has 0 aliphatic rings. The first kappa shape index (κ1) is 15.5. The molecule has 0 aliphatic heterocycles. The van der Waals surface area contributed by atoms with E-state index < -0.39 is 17.6 Å². The number of nitrogens with one attached hydrogen (secondary N) is 1. The van der Waals surface area contributed by atoms with E-state index in [1.165, 1.54) is 24.3 Å². The van der Waals surface area contributed by atoms with Crippen LogP contribution in [0.15, 0.2) is 42.5 Å². The highest BCUT2D eigenvalue weighted by atomic mass is 19.4.